The van der Waals surface area contributed by atoms with Crippen molar-refractivity contribution in [1.29, 1.82) is 10.5 Å². The number of nitriles is 2. The second-order valence-corrected chi connectivity index (χ2v) is 4.50. The van der Waals surface area contributed by atoms with E-state index in [1.807, 2.05) is 26.0 Å². The predicted molar refractivity (Wildman–Crippen MR) is 68.5 cm³/mol. The van der Waals surface area contributed by atoms with Crippen LogP contribution in [0.15, 0.2) is 11.8 Å². The molecular weight excluding hydrogens is 244 g/mol. The van der Waals surface area contributed by atoms with Gasteiger partial charge in [-0.15, -0.1) is 0 Å². The SMILES string of the molecule is CC1CN(C(=O)/C(C#N)=C\NCCC#N)CC(C)O1. The van der Waals surface area contributed by atoms with Gasteiger partial charge in [-0.1, -0.05) is 0 Å². The van der Waals surface area contributed by atoms with Crippen molar-refractivity contribution in [3.63, 3.8) is 0 Å². The maximum absolute atomic E-state index is 12.2. The highest BCUT2D eigenvalue weighted by Crippen LogP contribution is 2.13. The third-order valence-corrected chi connectivity index (χ3v) is 2.69. The number of amides is 1. The Bertz CT molecular complexity index is 423. The molecule has 6 heteroatoms. The predicted octanol–water partition coefficient (Wildman–Crippen LogP) is 0.533. The van der Waals surface area contributed by atoms with Crippen molar-refractivity contribution in [3.05, 3.63) is 11.8 Å². The van der Waals surface area contributed by atoms with Crippen molar-refractivity contribution in [2.24, 2.45) is 0 Å². The highest BCUT2D eigenvalue weighted by Gasteiger charge is 2.27. The first-order chi connectivity index (χ1) is 9.08. The van der Waals surface area contributed by atoms with Crippen LogP contribution in [0.4, 0.5) is 0 Å². The third kappa shape index (κ3) is 4.61. The van der Waals surface area contributed by atoms with Gasteiger partial charge in [-0.05, 0) is 13.8 Å². The zero-order chi connectivity index (χ0) is 14.3. The minimum absolute atomic E-state index is 0.0285. The van der Waals surface area contributed by atoms with E-state index in [0.717, 1.165) is 0 Å². The minimum atomic E-state index is -0.297. The monoisotopic (exact) mass is 262 g/mol. The second-order valence-electron chi connectivity index (χ2n) is 4.50. The van der Waals surface area contributed by atoms with E-state index in [0.29, 0.717) is 26.1 Å². The molecule has 0 saturated carbocycles. The maximum atomic E-state index is 12.2. The molecule has 1 aliphatic rings. The number of nitrogens with one attached hydrogen (secondary N) is 1. The molecule has 2 unspecified atom stereocenters. The molecule has 6 nitrogen and oxygen atoms in total. The Hall–Kier alpha value is -2.05. The van der Waals surface area contributed by atoms with E-state index in [-0.39, 0.29) is 23.7 Å². The van der Waals surface area contributed by atoms with Gasteiger partial charge in [0.15, 0.2) is 0 Å². The van der Waals surface area contributed by atoms with Crippen LogP contribution in [-0.4, -0.2) is 42.6 Å². The molecule has 0 aliphatic carbocycles. The summed E-state index contributed by atoms with van der Waals surface area (Å²) in [5.74, 6) is -0.297. The Balaban J connectivity index is 2.63. The normalized spacial score (nSPS) is 23.4. The average Bonchev–Trinajstić information content (AvgIpc) is 2.37. The van der Waals surface area contributed by atoms with Crippen LogP contribution in [0.3, 0.4) is 0 Å². The smallest absolute Gasteiger partial charge is 0.266 e. The lowest BCUT2D eigenvalue weighted by Crippen LogP contribution is -2.48. The molecule has 1 aliphatic heterocycles. The highest BCUT2D eigenvalue weighted by molar-refractivity contribution is 5.97. The molecule has 1 fully saturated rings. The molecule has 0 radical (unpaired) electrons. The van der Waals surface area contributed by atoms with Gasteiger partial charge in [0.05, 0.1) is 24.7 Å². The Morgan fingerprint density at radius 3 is 2.58 bits per heavy atom. The van der Waals surface area contributed by atoms with Gasteiger partial charge >= 0.3 is 0 Å². The number of hydrogen-bond acceptors (Lipinski definition) is 5. The fourth-order valence-electron chi connectivity index (χ4n) is 1.96. The molecule has 1 saturated heterocycles. The summed E-state index contributed by atoms with van der Waals surface area (Å²) >= 11 is 0. The third-order valence-electron chi connectivity index (χ3n) is 2.69. The summed E-state index contributed by atoms with van der Waals surface area (Å²) in [5.41, 5.74) is 0.0549. The Morgan fingerprint density at radius 1 is 1.42 bits per heavy atom. The van der Waals surface area contributed by atoms with Crippen LogP contribution in [0.1, 0.15) is 20.3 Å². The maximum Gasteiger partial charge on any atom is 0.266 e. The first-order valence-corrected chi connectivity index (χ1v) is 6.23. The van der Waals surface area contributed by atoms with Crippen LogP contribution in [0.2, 0.25) is 0 Å². The van der Waals surface area contributed by atoms with Crippen molar-refractivity contribution < 1.29 is 9.53 Å². The zero-order valence-electron chi connectivity index (χ0n) is 11.2. The first-order valence-electron chi connectivity index (χ1n) is 6.23. The van der Waals surface area contributed by atoms with E-state index in [9.17, 15) is 4.79 Å². The molecule has 1 amide bonds. The fourth-order valence-corrected chi connectivity index (χ4v) is 1.96. The van der Waals surface area contributed by atoms with Crippen LogP contribution < -0.4 is 5.32 Å². The average molecular weight is 262 g/mol. The van der Waals surface area contributed by atoms with E-state index in [1.165, 1.54) is 6.20 Å². The number of nitrogens with zero attached hydrogens (tertiary/aromatic N) is 3. The van der Waals surface area contributed by atoms with Crippen molar-refractivity contribution in [1.82, 2.24) is 10.2 Å². The van der Waals surface area contributed by atoms with E-state index in [1.54, 1.807) is 4.90 Å². The summed E-state index contributed by atoms with van der Waals surface area (Å²) < 4.78 is 5.55. The van der Waals surface area contributed by atoms with Crippen LogP contribution in [-0.2, 0) is 9.53 Å². The number of carbonyl (C=O) groups excluding carboxylic acids is 1. The number of rotatable bonds is 4. The lowest BCUT2D eigenvalue weighted by molar-refractivity contribution is -0.138. The quantitative estimate of drug-likeness (QED) is 0.453. The van der Waals surface area contributed by atoms with Crippen LogP contribution in [0.5, 0.6) is 0 Å². The minimum Gasteiger partial charge on any atom is -0.389 e. The van der Waals surface area contributed by atoms with E-state index in [4.69, 9.17) is 15.3 Å². The molecule has 19 heavy (non-hydrogen) atoms. The molecule has 0 aromatic carbocycles. The van der Waals surface area contributed by atoms with E-state index in [2.05, 4.69) is 5.32 Å². The molecule has 0 bridgehead atoms. The molecule has 2 atom stereocenters. The van der Waals surface area contributed by atoms with Gasteiger partial charge < -0.3 is 15.0 Å². The standard InChI is InChI=1S/C13H18N4O2/c1-10-8-17(9-11(2)19-10)13(18)12(6-15)7-16-5-3-4-14/h7,10-11,16H,3,5,8-9H2,1-2H3/b12-7-. The van der Waals surface area contributed by atoms with Gasteiger partial charge in [0, 0.05) is 25.8 Å². The second kappa shape index (κ2) is 7.40. The fraction of sp³-hybridized carbons (Fsp3) is 0.615. The van der Waals surface area contributed by atoms with Crippen molar-refractivity contribution >= 4 is 5.91 Å². The van der Waals surface area contributed by atoms with Gasteiger partial charge in [0.1, 0.15) is 11.6 Å². The Morgan fingerprint density at radius 2 is 2.05 bits per heavy atom. The molecular formula is C13H18N4O2. The van der Waals surface area contributed by atoms with E-state index < -0.39 is 0 Å². The number of ether oxygens (including phenoxy) is 1. The van der Waals surface area contributed by atoms with Crippen molar-refractivity contribution in [2.45, 2.75) is 32.5 Å². The Kier molecular flexibility index (Phi) is 5.84. The topological polar surface area (TPSA) is 89.2 Å². The van der Waals surface area contributed by atoms with Crippen LogP contribution in [0, 0.1) is 22.7 Å². The van der Waals surface area contributed by atoms with Crippen molar-refractivity contribution in [3.8, 4) is 12.1 Å². The van der Waals surface area contributed by atoms with Gasteiger partial charge in [-0.2, -0.15) is 10.5 Å². The molecule has 102 valence electrons. The summed E-state index contributed by atoms with van der Waals surface area (Å²) in [6.45, 7) is 5.19. The molecule has 0 spiro atoms. The molecule has 0 aromatic rings. The summed E-state index contributed by atoms with van der Waals surface area (Å²) in [4.78, 5) is 13.8. The summed E-state index contributed by atoms with van der Waals surface area (Å²) in [5, 5.41) is 20.2. The lowest BCUT2D eigenvalue weighted by atomic mass is 10.2. The summed E-state index contributed by atoms with van der Waals surface area (Å²) in [6.07, 6.45) is 1.65. The van der Waals surface area contributed by atoms with Gasteiger partial charge in [-0.3, -0.25) is 4.79 Å². The van der Waals surface area contributed by atoms with E-state index >= 15 is 0 Å². The van der Waals surface area contributed by atoms with Crippen LogP contribution >= 0.6 is 0 Å². The Labute approximate surface area is 113 Å². The first kappa shape index (κ1) is 15.0. The zero-order valence-corrected chi connectivity index (χ0v) is 11.2. The largest absolute Gasteiger partial charge is 0.389 e. The highest BCUT2D eigenvalue weighted by atomic mass is 16.5. The molecule has 1 heterocycles. The number of hydrogen-bond donors (Lipinski definition) is 1. The molecule has 1 rings (SSSR count). The summed E-state index contributed by atoms with van der Waals surface area (Å²) in [6, 6.07) is 3.87. The molecule has 0 aromatic heterocycles. The van der Waals surface area contributed by atoms with Gasteiger partial charge in [0.25, 0.3) is 5.91 Å². The van der Waals surface area contributed by atoms with Gasteiger partial charge in [0.2, 0.25) is 0 Å². The lowest BCUT2D eigenvalue weighted by Gasteiger charge is -2.35. The van der Waals surface area contributed by atoms with Crippen LogP contribution in [0.25, 0.3) is 0 Å². The van der Waals surface area contributed by atoms with Crippen molar-refractivity contribution in [2.75, 3.05) is 19.6 Å². The molecule has 1 N–H and O–H groups in total. The van der Waals surface area contributed by atoms with Gasteiger partial charge in [-0.25, -0.2) is 0 Å². The summed E-state index contributed by atoms with van der Waals surface area (Å²) in [7, 11) is 0. The number of morpholine rings is 1. The number of carbonyl (C=O) groups is 1.